The Bertz CT molecular complexity index is 657. The Morgan fingerprint density at radius 2 is 2.15 bits per heavy atom. The molecule has 1 aromatic carbocycles. The molecular formula is C12H9F3N4O. The molecule has 1 N–H and O–H groups in total. The van der Waals surface area contributed by atoms with E-state index in [0.29, 0.717) is 5.82 Å². The van der Waals surface area contributed by atoms with Crippen LogP contribution in [0.5, 0.6) is 0 Å². The Hall–Kier alpha value is -2.56. The monoisotopic (exact) mass is 282 g/mol. The molecule has 2 rings (SSSR count). The first kappa shape index (κ1) is 13.9. The van der Waals surface area contributed by atoms with Crippen LogP contribution in [0.2, 0.25) is 0 Å². The Balaban J connectivity index is 2.19. The summed E-state index contributed by atoms with van der Waals surface area (Å²) in [4.78, 5) is 3.92. The van der Waals surface area contributed by atoms with E-state index >= 15 is 0 Å². The van der Waals surface area contributed by atoms with E-state index in [-0.39, 0.29) is 18.1 Å². The van der Waals surface area contributed by atoms with Crippen molar-refractivity contribution in [1.82, 2.24) is 10.1 Å². The Kier molecular flexibility index (Phi) is 3.61. The number of nitriles is 1. The van der Waals surface area contributed by atoms with Crippen LogP contribution in [-0.4, -0.2) is 10.1 Å². The van der Waals surface area contributed by atoms with E-state index in [4.69, 9.17) is 9.78 Å². The molecule has 8 heteroatoms. The molecule has 5 nitrogen and oxygen atoms in total. The van der Waals surface area contributed by atoms with Crippen LogP contribution in [-0.2, 0) is 12.7 Å². The van der Waals surface area contributed by atoms with Crippen LogP contribution in [0.15, 0.2) is 22.7 Å². The van der Waals surface area contributed by atoms with E-state index in [1.54, 1.807) is 6.92 Å². The molecule has 0 aliphatic heterocycles. The molecule has 0 atom stereocenters. The minimum Gasteiger partial charge on any atom is -0.376 e. The lowest BCUT2D eigenvalue weighted by Gasteiger charge is -2.11. The van der Waals surface area contributed by atoms with Gasteiger partial charge in [0.15, 0.2) is 5.82 Å². The van der Waals surface area contributed by atoms with Crippen molar-refractivity contribution >= 4 is 5.69 Å². The third-order valence-electron chi connectivity index (χ3n) is 2.46. The highest BCUT2D eigenvalue weighted by molar-refractivity contribution is 5.53. The van der Waals surface area contributed by atoms with E-state index in [2.05, 4.69) is 15.5 Å². The van der Waals surface area contributed by atoms with E-state index in [9.17, 15) is 13.2 Å². The normalized spacial score (nSPS) is 11.2. The first-order chi connectivity index (χ1) is 9.40. The maximum Gasteiger partial charge on any atom is 0.417 e. The predicted molar refractivity (Wildman–Crippen MR) is 62.5 cm³/mol. The van der Waals surface area contributed by atoms with Gasteiger partial charge in [0.25, 0.3) is 0 Å². The molecule has 0 bridgehead atoms. The van der Waals surface area contributed by atoms with Gasteiger partial charge in [-0.1, -0.05) is 5.16 Å². The number of aryl methyl sites for hydroxylation is 1. The van der Waals surface area contributed by atoms with Gasteiger partial charge in [0, 0.05) is 5.69 Å². The first-order valence-corrected chi connectivity index (χ1v) is 5.54. The van der Waals surface area contributed by atoms with Crippen molar-refractivity contribution in [2.24, 2.45) is 0 Å². The smallest absolute Gasteiger partial charge is 0.376 e. The number of nitrogens with zero attached hydrogens (tertiary/aromatic N) is 3. The van der Waals surface area contributed by atoms with Gasteiger partial charge < -0.3 is 9.84 Å². The van der Waals surface area contributed by atoms with E-state index in [1.807, 2.05) is 0 Å². The second-order valence-electron chi connectivity index (χ2n) is 3.96. The van der Waals surface area contributed by atoms with Gasteiger partial charge in [0.1, 0.15) is 0 Å². The second-order valence-corrected chi connectivity index (χ2v) is 3.96. The summed E-state index contributed by atoms with van der Waals surface area (Å²) >= 11 is 0. The van der Waals surface area contributed by atoms with Gasteiger partial charge in [-0.15, -0.1) is 0 Å². The van der Waals surface area contributed by atoms with Crippen LogP contribution in [0.1, 0.15) is 22.8 Å². The average Bonchev–Trinajstić information content (AvgIpc) is 2.81. The summed E-state index contributed by atoms with van der Waals surface area (Å²) in [5.41, 5.74) is -1.18. The molecule has 20 heavy (non-hydrogen) atoms. The summed E-state index contributed by atoms with van der Waals surface area (Å²) in [5, 5.41) is 15.0. The van der Waals surface area contributed by atoms with Gasteiger partial charge >= 0.3 is 6.18 Å². The molecule has 0 radical (unpaired) electrons. The van der Waals surface area contributed by atoms with Crippen molar-refractivity contribution in [3.05, 3.63) is 41.0 Å². The lowest BCUT2D eigenvalue weighted by Crippen LogP contribution is -2.09. The van der Waals surface area contributed by atoms with E-state index < -0.39 is 17.3 Å². The molecule has 1 heterocycles. The fourth-order valence-electron chi connectivity index (χ4n) is 1.58. The lowest BCUT2D eigenvalue weighted by molar-refractivity contribution is -0.137. The minimum absolute atomic E-state index is 0.101. The highest BCUT2D eigenvalue weighted by Gasteiger charge is 2.33. The van der Waals surface area contributed by atoms with Crippen LogP contribution >= 0.6 is 0 Å². The topological polar surface area (TPSA) is 74.7 Å². The fourth-order valence-corrected chi connectivity index (χ4v) is 1.58. The first-order valence-electron chi connectivity index (χ1n) is 5.54. The zero-order chi connectivity index (χ0) is 14.8. The Morgan fingerprint density at radius 1 is 1.40 bits per heavy atom. The van der Waals surface area contributed by atoms with Gasteiger partial charge in [0.05, 0.1) is 23.7 Å². The van der Waals surface area contributed by atoms with Crippen molar-refractivity contribution in [1.29, 1.82) is 5.26 Å². The number of halogens is 3. The second kappa shape index (κ2) is 5.21. The van der Waals surface area contributed by atoms with Gasteiger partial charge in [-0.3, -0.25) is 0 Å². The van der Waals surface area contributed by atoms with Gasteiger partial charge in [-0.05, 0) is 25.1 Å². The summed E-state index contributed by atoms with van der Waals surface area (Å²) in [6.45, 7) is 1.74. The quantitative estimate of drug-likeness (QED) is 0.936. The maximum absolute atomic E-state index is 12.8. The molecule has 0 saturated heterocycles. The maximum atomic E-state index is 12.8. The molecule has 0 fully saturated rings. The van der Waals surface area contributed by atoms with Crippen molar-refractivity contribution in [2.45, 2.75) is 19.6 Å². The number of benzene rings is 1. The summed E-state index contributed by atoms with van der Waals surface area (Å²) in [5.74, 6) is 0.707. The zero-order valence-corrected chi connectivity index (χ0v) is 10.3. The number of hydrogen-bond acceptors (Lipinski definition) is 5. The summed E-state index contributed by atoms with van der Waals surface area (Å²) in [6.07, 6.45) is -4.58. The van der Waals surface area contributed by atoms with Crippen LogP contribution in [0, 0.1) is 18.3 Å². The van der Waals surface area contributed by atoms with Gasteiger partial charge in [0.2, 0.25) is 5.89 Å². The molecule has 0 spiro atoms. The van der Waals surface area contributed by atoms with Crippen LogP contribution in [0.25, 0.3) is 0 Å². The van der Waals surface area contributed by atoms with Crippen LogP contribution < -0.4 is 5.32 Å². The van der Waals surface area contributed by atoms with Crippen LogP contribution in [0.3, 0.4) is 0 Å². The fraction of sp³-hybridized carbons (Fsp3) is 0.250. The number of nitrogens with one attached hydrogen (secondary N) is 1. The summed E-state index contributed by atoms with van der Waals surface area (Å²) in [7, 11) is 0. The average molecular weight is 282 g/mol. The standard InChI is InChI=1S/C12H9F3N4O/c1-7-18-11(20-19-7)6-17-9-3-2-8(5-16)10(4-9)12(13,14)15/h2-4,17H,6H2,1H3. The molecule has 0 unspecified atom stereocenters. The molecule has 2 aromatic rings. The predicted octanol–water partition coefficient (Wildman–Crippen LogP) is 2.88. The number of rotatable bonds is 3. The molecule has 0 aliphatic rings. The van der Waals surface area contributed by atoms with Gasteiger partial charge in [-0.25, -0.2) is 0 Å². The lowest BCUT2D eigenvalue weighted by atomic mass is 10.1. The minimum atomic E-state index is -4.58. The van der Waals surface area contributed by atoms with Crippen LogP contribution in [0.4, 0.5) is 18.9 Å². The highest BCUT2D eigenvalue weighted by atomic mass is 19.4. The van der Waals surface area contributed by atoms with Gasteiger partial charge in [-0.2, -0.15) is 23.4 Å². The van der Waals surface area contributed by atoms with E-state index in [1.165, 1.54) is 12.1 Å². The molecule has 1 aromatic heterocycles. The van der Waals surface area contributed by atoms with Crippen molar-refractivity contribution in [2.75, 3.05) is 5.32 Å². The number of anilines is 1. The molecule has 0 saturated carbocycles. The Morgan fingerprint density at radius 3 is 2.70 bits per heavy atom. The van der Waals surface area contributed by atoms with Crippen molar-refractivity contribution < 1.29 is 17.7 Å². The number of hydrogen-bond donors (Lipinski definition) is 1. The summed E-state index contributed by atoms with van der Waals surface area (Å²) in [6, 6.07) is 4.90. The van der Waals surface area contributed by atoms with E-state index in [0.717, 1.165) is 12.1 Å². The summed E-state index contributed by atoms with van der Waals surface area (Å²) < 4.78 is 43.1. The Labute approximate surface area is 112 Å². The largest absolute Gasteiger partial charge is 0.417 e. The third kappa shape index (κ3) is 3.06. The molecule has 104 valence electrons. The SMILES string of the molecule is Cc1noc(CNc2ccc(C#N)c(C(F)(F)F)c2)n1. The third-order valence-corrected chi connectivity index (χ3v) is 2.46. The molecular weight excluding hydrogens is 273 g/mol. The molecule has 0 amide bonds. The van der Waals surface area contributed by atoms with Crippen molar-refractivity contribution in [3.8, 4) is 6.07 Å². The highest BCUT2D eigenvalue weighted by Crippen LogP contribution is 2.33. The molecule has 0 aliphatic carbocycles. The number of alkyl halides is 3. The zero-order valence-electron chi connectivity index (χ0n) is 10.3. The number of aromatic nitrogens is 2. The van der Waals surface area contributed by atoms with Crippen molar-refractivity contribution in [3.63, 3.8) is 0 Å².